The molecule has 5 nitrogen and oxygen atoms in total. The van der Waals surface area contributed by atoms with Gasteiger partial charge in [0.1, 0.15) is 5.92 Å². The maximum atomic E-state index is 12.8. The molecule has 1 aromatic heterocycles. The average Bonchev–Trinajstić information content (AvgIpc) is 3.01. The molecule has 0 aliphatic carbocycles. The van der Waals surface area contributed by atoms with Crippen LogP contribution in [0.3, 0.4) is 0 Å². The van der Waals surface area contributed by atoms with Crippen molar-refractivity contribution in [3.63, 3.8) is 0 Å². The highest BCUT2D eigenvalue weighted by molar-refractivity contribution is 9.12. The van der Waals surface area contributed by atoms with Crippen LogP contribution >= 0.6 is 43.2 Å². The third kappa shape index (κ3) is 3.67. The van der Waals surface area contributed by atoms with Crippen LogP contribution in [0.5, 0.6) is 0 Å². The van der Waals surface area contributed by atoms with Gasteiger partial charge in [0.15, 0.2) is 0 Å². The number of carbonyl (C=O) groups is 2. The smallest absolute Gasteiger partial charge is 0.311 e. The van der Waals surface area contributed by atoms with Crippen LogP contribution in [0.2, 0.25) is 0 Å². The molecule has 1 aliphatic heterocycles. The molecule has 1 N–H and O–H groups in total. The second kappa shape index (κ2) is 7.21. The molecule has 1 saturated heterocycles. The first-order chi connectivity index (χ1) is 9.95. The molecule has 0 spiro atoms. The van der Waals surface area contributed by atoms with Crippen molar-refractivity contribution in [2.24, 2.45) is 5.92 Å². The van der Waals surface area contributed by atoms with Gasteiger partial charge in [-0.3, -0.25) is 9.59 Å². The lowest BCUT2D eigenvalue weighted by Gasteiger charge is -2.30. The van der Waals surface area contributed by atoms with Crippen LogP contribution in [0.25, 0.3) is 0 Å². The predicted molar refractivity (Wildman–Crippen MR) is 86.8 cm³/mol. The van der Waals surface area contributed by atoms with E-state index >= 15 is 0 Å². The molecule has 2 unspecified atom stereocenters. The van der Waals surface area contributed by atoms with Gasteiger partial charge in [0.25, 0.3) is 5.91 Å². The number of hydrogen-bond acceptors (Lipinski definition) is 4. The summed E-state index contributed by atoms with van der Waals surface area (Å²) in [5, 5.41) is 9.28. The molecule has 116 valence electrons. The zero-order valence-corrected chi connectivity index (χ0v) is 15.3. The Balaban J connectivity index is 2.28. The van der Waals surface area contributed by atoms with E-state index in [1.807, 2.05) is 6.92 Å². The Bertz CT molecular complexity index is 548. The Morgan fingerprint density at radius 3 is 2.71 bits per heavy atom. The second-order valence-electron chi connectivity index (χ2n) is 4.79. The SMILES string of the molecule is CCCN(C(=O)c1cc(Br)sc1Br)C1COCC1C(=O)O. The summed E-state index contributed by atoms with van der Waals surface area (Å²) >= 11 is 8.16. The first-order valence-electron chi connectivity index (χ1n) is 6.52. The van der Waals surface area contributed by atoms with Crippen LogP contribution in [0, 0.1) is 5.92 Å². The van der Waals surface area contributed by atoms with E-state index in [9.17, 15) is 14.7 Å². The minimum atomic E-state index is -0.919. The van der Waals surface area contributed by atoms with Gasteiger partial charge >= 0.3 is 5.97 Å². The number of thiophene rings is 1. The standard InChI is InChI=1S/C13H15Br2NO4S/c1-2-3-16(9-6-20-5-8(9)13(18)19)12(17)7-4-10(14)21-11(7)15/h4,8-9H,2-3,5-6H2,1H3,(H,18,19). The Labute approximate surface area is 143 Å². The van der Waals surface area contributed by atoms with Gasteiger partial charge in [0.05, 0.1) is 32.4 Å². The van der Waals surface area contributed by atoms with Crippen LogP contribution in [-0.4, -0.2) is 47.7 Å². The lowest BCUT2D eigenvalue weighted by Crippen LogP contribution is -2.47. The normalized spacial score (nSPS) is 21.5. The van der Waals surface area contributed by atoms with Gasteiger partial charge in [0, 0.05) is 6.54 Å². The Morgan fingerprint density at radius 2 is 2.19 bits per heavy atom. The average molecular weight is 441 g/mol. The van der Waals surface area contributed by atoms with E-state index in [2.05, 4.69) is 31.9 Å². The summed E-state index contributed by atoms with van der Waals surface area (Å²) in [5.41, 5.74) is 0.552. The lowest BCUT2D eigenvalue weighted by molar-refractivity contribution is -0.142. The zero-order valence-electron chi connectivity index (χ0n) is 11.3. The Kier molecular flexibility index (Phi) is 5.81. The van der Waals surface area contributed by atoms with Gasteiger partial charge in [-0.2, -0.15) is 0 Å². The van der Waals surface area contributed by atoms with Gasteiger partial charge in [0.2, 0.25) is 0 Å². The first kappa shape index (κ1) is 16.9. The summed E-state index contributed by atoms with van der Waals surface area (Å²) in [5.74, 6) is -1.74. The maximum Gasteiger partial charge on any atom is 0.311 e. The summed E-state index contributed by atoms with van der Waals surface area (Å²) in [4.78, 5) is 25.7. The fourth-order valence-corrected chi connectivity index (χ4v) is 5.16. The maximum absolute atomic E-state index is 12.8. The van der Waals surface area contributed by atoms with E-state index < -0.39 is 17.9 Å². The highest BCUT2D eigenvalue weighted by Gasteiger charge is 2.40. The molecule has 0 radical (unpaired) electrons. The summed E-state index contributed by atoms with van der Waals surface area (Å²) in [6.45, 7) is 2.90. The third-order valence-corrected chi connectivity index (χ3v) is 5.72. The van der Waals surface area contributed by atoms with Crippen molar-refractivity contribution in [1.29, 1.82) is 0 Å². The third-order valence-electron chi connectivity index (χ3n) is 3.38. The molecular formula is C13H15Br2NO4S. The zero-order chi connectivity index (χ0) is 15.6. The van der Waals surface area contributed by atoms with E-state index in [0.717, 1.165) is 14.0 Å². The fraction of sp³-hybridized carbons (Fsp3) is 0.538. The number of hydrogen-bond donors (Lipinski definition) is 1. The molecule has 1 aliphatic rings. The number of rotatable bonds is 5. The molecule has 0 bridgehead atoms. The predicted octanol–water partition coefficient (Wildman–Crippen LogP) is 3.22. The molecule has 1 fully saturated rings. The monoisotopic (exact) mass is 439 g/mol. The van der Waals surface area contributed by atoms with Gasteiger partial charge in [-0.05, 0) is 44.3 Å². The van der Waals surface area contributed by atoms with E-state index in [1.165, 1.54) is 11.3 Å². The fourth-order valence-electron chi connectivity index (χ4n) is 2.39. The highest BCUT2D eigenvalue weighted by Crippen LogP contribution is 2.34. The van der Waals surface area contributed by atoms with Crippen LogP contribution in [0.15, 0.2) is 13.6 Å². The van der Waals surface area contributed by atoms with Crippen molar-refractivity contribution in [2.75, 3.05) is 19.8 Å². The summed E-state index contributed by atoms with van der Waals surface area (Å²) in [6.07, 6.45) is 0.761. The quantitative estimate of drug-likeness (QED) is 0.763. The van der Waals surface area contributed by atoms with E-state index in [4.69, 9.17) is 4.74 Å². The molecule has 8 heteroatoms. The van der Waals surface area contributed by atoms with Crippen LogP contribution in [0.4, 0.5) is 0 Å². The topological polar surface area (TPSA) is 66.8 Å². The van der Waals surface area contributed by atoms with Crippen molar-refractivity contribution in [2.45, 2.75) is 19.4 Å². The first-order valence-corrected chi connectivity index (χ1v) is 8.92. The minimum absolute atomic E-state index is 0.155. The number of aliphatic carboxylic acids is 1. The van der Waals surface area contributed by atoms with E-state index in [1.54, 1.807) is 11.0 Å². The highest BCUT2D eigenvalue weighted by atomic mass is 79.9. The van der Waals surface area contributed by atoms with Crippen molar-refractivity contribution >= 4 is 55.1 Å². The van der Waals surface area contributed by atoms with Crippen LogP contribution in [-0.2, 0) is 9.53 Å². The Morgan fingerprint density at radius 1 is 1.48 bits per heavy atom. The molecule has 1 aromatic rings. The number of ether oxygens (including phenoxy) is 1. The van der Waals surface area contributed by atoms with Gasteiger partial charge in [-0.15, -0.1) is 11.3 Å². The molecule has 0 aromatic carbocycles. The molecule has 21 heavy (non-hydrogen) atoms. The summed E-state index contributed by atoms with van der Waals surface area (Å²) < 4.78 is 6.88. The van der Waals surface area contributed by atoms with E-state index in [0.29, 0.717) is 12.1 Å². The number of carbonyl (C=O) groups excluding carboxylic acids is 1. The van der Waals surface area contributed by atoms with Crippen LogP contribution < -0.4 is 0 Å². The molecule has 2 heterocycles. The summed E-state index contributed by atoms with van der Waals surface area (Å²) in [6, 6.07) is 1.34. The number of halogens is 2. The lowest BCUT2D eigenvalue weighted by atomic mass is 10.0. The number of amides is 1. The molecule has 0 saturated carbocycles. The molecular weight excluding hydrogens is 426 g/mol. The number of carboxylic acid groups (broad SMARTS) is 1. The Hall–Kier alpha value is -0.440. The van der Waals surface area contributed by atoms with Crippen molar-refractivity contribution < 1.29 is 19.4 Å². The van der Waals surface area contributed by atoms with E-state index in [-0.39, 0.29) is 19.1 Å². The van der Waals surface area contributed by atoms with Crippen molar-refractivity contribution in [1.82, 2.24) is 4.90 Å². The van der Waals surface area contributed by atoms with Gasteiger partial charge in [-0.1, -0.05) is 6.92 Å². The molecule has 2 rings (SSSR count). The number of nitrogens with zero attached hydrogens (tertiary/aromatic N) is 1. The van der Waals surface area contributed by atoms with Crippen LogP contribution in [0.1, 0.15) is 23.7 Å². The number of carboxylic acids is 1. The second-order valence-corrected chi connectivity index (χ2v) is 8.54. The van der Waals surface area contributed by atoms with Crippen molar-refractivity contribution in [3.8, 4) is 0 Å². The molecule has 1 amide bonds. The largest absolute Gasteiger partial charge is 0.481 e. The summed E-state index contributed by atoms with van der Waals surface area (Å²) in [7, 11) is 0. The van der Waals surface area contributed by atoms with Gasteiger partial charge in [-0.25, -0.2) is 0 Å². The molecule has 2 atom stereocenters. The van der Waals surface area contributed by atoms with Crippen molar-refractivity contribution in [3.05, 3.63) is 19.2 Å². The van der Waals surface area contributed by atoms with Gasteiger partial charge < -0.3 is 14.7 Å². The minimum Gasteiger partial charge on any atom is -0.481 e.